The molecule has 0 saturated carbocycles. The van der Waals surface area contributed by atoms with Gasteiger partial charge in [0.15, 0.2) is 0 Å². The molecule has 1 aromatic carbocycles. The summed E-state index contributed by atoms with van der Waals surface area (Å²) in [7, 11) is 1.66. The van der Waals surface area contributed by atoms with Gasteiger partial charge in [0, 0.05) is 12.8 Å². The number of benzene rings is 1. The first-order valence-corrected chi connectivity index (χ1v) is 6.39. The van der Waals surface area contributed by atoms with E-state index in [4.69, 9.17) is 9.47 Å². The molecule has 0 aromatic heterocycles. The molecule has 1 rings (SSSR count). The topological polar surface area (TPSA) is 47.6 Å². The molecule has 1 aromatic rings. The van der Waals surface area contributed by atoms with E-state index >= 15 is 0 Å². The van der Waals surface area contributed by atoms with Gasteiger partial charge < -0.3 is 14.8 Å². The van der Waals surface area contributed by atoms with Crippen molar-refractivity contribution in [1.82, 2.24) is 0 Å². The lowest BCUT2D eigenvalue weighted by molar-refractivity contribution is -0.155. The van der Waals surface area contributed by atoms with Crippen LogP contribution in [0.5, 0.6) is 0 Å². The number of hydrogen-bond acceptors (Lipinski definition) is 4. The van der Waals surface area contributed by atoms with E-state index < -0.39 is 11.6 Å². The molecule has 0 aliphatic carbocycles. The van der Waals surface area contributed by atoms with Gasteiger partial charge in [-0.2, -0.15) is 0 Å². The monoisotopic (exact) mass is 265 g/mol. The van der Waals surface area contributed by atoms with E-state index in [-0.39, 0.29) is 5.97 Å². The van der Waals surface area contributed by atoms with Crippen LogP contribution in [0, 0.1) is 0 Å². The fourth-order valence-corrected chi connectivity index (χ4v) is 1.62. The van der Waals surface area contributed by atoms with Gasteiger partial charge in [-0.15, -0.1) is 0 Å². The van der Waals surface area contributed by atoms with Crippen molar-refractivity contribution in [3.8, 4) is 0 Å². The number of esters is 1. The maximum absolute atomic E-state index is 11.9. The second-order valence-electron chi connectivity index (χ2n) is 5.53. The Morgan fingerprint density at radius 1 is 1.37 bits per heavy atom. The third-order valence-electron chi connectivity index (χ3n) is 2.38. The Morgan fingerprint density at radius 2 is 2.05 bits per heavy atom. The molecule has 0 saturated heterocycles. The third kappa shape index (κ3) is 5.75. The second kappa shape index (κ2) is 6.57. The fraction of sp³-hybridized carbons (Fsp3) is 0.533. The molecule has 4 heteroatoms. The van der Waals surface area contributed by atoms with Crippen LogP contribution in [0.2, 0.25) is 0 Å². The molecule has 106 valence electrons. The Labute approximate surface area is 115 Å². The lowest BCUT2D eigenvalue weighted by atomic mass is 10.2. The predicted octanol–water partition coefficient (Wildman–Crippen LogP) is 2.98. The standard InChI is InChI=1S/C15H23NO3/c1-11(14(17)19-15(2,3)4)16-13-8-6-7-12(9-13)10-18-5/h6-9,11,16H,10H2,1-5H3. The lowest BCUT2D eigenvalue weighted by Crippen LogP contribution is -2.34. The molecular weight excluding hydrogens is 242 g/mol. The molecule has 4 nitrogen and oxygen atoms in total. The van der Waals surface area contributed by atoms with E-state index in [1.165, 1.54) is 0 Å². The van der Waals surface area contributed by atoms with Crippen LogP contribution in [0.4, 0.5) is 5.69 Å². The Morgan fingerprint density at radius 3 is 2.63 bits per heavy atom. The predicted molar refractivity (Wildman–Crippen MR) is 76.1 cm³/mol. The molecule has 0 aliphatic rings. The average Bonchev–Trinajstić information content (AvgIpc) is 2.27. The van der Waals surface area contributed by atoms with Gasteiger partial charge in [-0.05, 0) is 45.4 Å². The first-order valence-electron chi connectivity index (χ1n) is 6.39. The van der Waals surface area contributed by atoms with E-state index in [0.717, 1.165) is 11.3 Å². The minimum absolute atomic E-state index is 0.260. The summed E-state index contributed by atoms with van der Waals surface area (Å²) in [5.74, 6) is -0.260. The minimum Gasteiger partial charge on any atom is -0.458 e. The van der Waals surface area contributed by atoms with Crippen molar-refractivity contribution >= 4 is 11.7 Å². The summed E-state index contributed by atoms with van der Waals surface area (Å²) in [6.07, 6.45) is 0. The van der Waals surface area contributed by atoms with Crippen LogP contribution in [-0.2, 0) is 20.9 Å². The van der Waals surface area contributed by atoms with Crippen LogP contribution in [0.25, 0.3) is 0 Å². The zero-order chi connectivity index (χ0) is 14.5. The number of anilines is 1. The molecule has 0 spiro atoms. The Balaban J connectivity index is 2.63. The fourth-order valence-electron chi connectivity index (χ4n) is 1.62. The largest absolute Gasteiger partial charge is 0.458 e. The van der Waals surface area contributed by atoms with Crippen molar-refractivity contribution in [3.63, 3.8) is 0 Å². The number of ether oxygens (including phenoxy) is 2. The summed E-state index contributed by atoms with van der Waals surface area (Å²) in [6.45, 7) is 7.91. The first kappa shape index (κ1) is 15.5. The van der Waals surface area contributed by atoms with Crippen molar-refractivity contribution in [1.29, 1.82) is 0 Å². The maximum Gasteiger partial charge on any atom is 0.328 e. The summed E-state index contributed by atoms with van der Waals surface area (Å²) in [6, 6.07) is 7.40. The average molecular weight is 265 g/mol. The van der Waals surface area contributed by atoms with Gasteiger partial charge in [0.25, 0.3) is 0 Å². The van der Waals surface area contributed by atoms with Gasteiger partial charge in [0.05, 0.1) is 6.61 Å². The molecule has 0 amide bonds. The van der Waals surface area contributed by atoms with E-state index in [9.17, 15) is 4.79 Å². The number of hydrogen-bond donors (Lipinski definition) is 1. The molecule has 1 N–H and O–H groups in total. The quantitative estimate of drug-likeness (QED) is 0.831. The van der Waals surface area contributed by atoms with Crippen LogP contribution in [0.15, 0.2) is 24.3 Å². The summed E-state index contributed by atoms with van der Waals surface area (Å²) in [5.41, 5.74) is 1.47. The first-order chi connectivity index (χ1) is 8.81. The van der Waals surface area contributed by atoms with Crippen LogP contribution in [0.1, 0.15) is 33.3 Å². The number of carbonyl (C=O) groups is 1. The van der Waals surface area contributed by atoms with Gasteiger partial charge in [-0.25, -0.2) is 4.79 Å². The molecule has 0 aliphatic heterocycles. The highest BCUT2D eigenvalue weighted by molar-refractivity contribution is 5.79. The van der Waals surface area contributed by atoms with Crippen LogP contribution in [-0.4, -0.2) is 24.7 Å². The summed E-state index contributed by atoms with van der Waals surface area (Å²) in [4.78, 5) is 11.9. The SMILES string of the molecule is COCc1cccc(NC(C)C(=O)OC(C)(C)C)c1. The molecule has 0 fully saturated rings. The number of rotatable bonds is 5. The van der Waals surface area contributed by atoms with Gasteiger partial charge in [0.1, 0.15) is 11.6 Å². The normalized spacial score (nSPS) is 12.9. The van der Waals surface area contributed by atoms with Gasteiger partial charge >= 0.3 is 5.97 Å². The highest BCUT2D eigenvalue weighted by Gasteiger charge is 2.21. The van der Waals surface area contributed by atoms with Crippen molar-refractivity contribution < 1.29 is 14.3 Å². The molecule has 1 unspecified atom stereocenters. The Bertz CT molecular complexity index is 424. The highest BCUT2D eigenvalue weighted by atomic mass is 16.6. The molecule has 0 radical (unpaired) electrons. The van der Waals surface area contributed by atoms with Gasteiger partial charge in [0.2, 0.25) is 0 Å². The zero-order valence-corrected chi connectivity index (χ0v) is 12.3. The molecular formula is C15H23NO3. The van der Waals surface area contributed by atoms with Gasteiger partial charge in [-0.3, -0.25) is 0 Å². The minimum atomic E-state index is -0.467. The summed E-state index contributed by atoms with van der Waals surface area (Å²) >= 11 is 0. The number of methoxy groups -OCH3 is 1. The van der Waals surface area contributed by atoms with E-state index in [2.05, 4.69) is 5.32 Å². The van der Waals surface area contributed by atoms with E-state index in [1.807, 2.05) is 45.0 Å². The molecule has 0 bridgehead atoms. The lowest BCUT2D eigenvalue weighted by Gasteiger charge is -2.23. The summed E-state index contributed by atoms with van der Waals surface area (Å²) < 4.78 is 10.4. The van der Waals surface area contributed by atoms with E-state index in [0.29, 0.717) is 6.61 Å². The van der Waals surface area contributed by atoms with Crippen LogP contribution in [0.3, 0.4) is 0 Å². The third-order valence-corrected chi connectivity index (χ3v) is 2.38. The van der Waals surface area contributed by atoms with Gasteiger partial charge in [-0.1, -0.05) is 12.1 Å². The molecule has 19 heavy (non-hydrogen) atoms. The Hall–Kier alpha value is -1.55. The summed E-state index contributed by atoms with van der Waals surface area (Å²) in [5, 5.41) is 3.13. The van der Waals surface area contributed by atoms with Crippen LogP contribution < -0.4 is 5.32 Å². The molecule has 0 heterocycles. The number of nitrogens with one attached hydrogen (secondary N) is 1. The van der Waals surface area contributed by atoms with Crippen molar-refractivity contribution in [2.75, 3.05) is 12.4 Å². The van der Waals surface area contributed by atoms with Crippen LogP contribution >= 0.6 is 0 Å². The van der Waals surface area contributed by atoms with E-state index in [1.54, 1.807) is 14.0 Å². The number of carbonyl (C=O) groups excluding carboxylic acids is 1. The van der Waals surface area contributed by atoms with Crippen molar-refractivity contribution in [2.45, 2.75) is 45.9 Å². The Kier molecular flexibility index (Phi) is 5.36. The van der Waals surface area contributed by atoms with Crippen molar-refractivity contribution in [3.05, 3.63) is 29.8 Å². The highest BCUT2D eigenvalue weighted by Crippen LogP contribution is 2.14. The maximum atomic E-state index is 11.9. The second-order valence-corrected chi connectivity index (χ2v) is 5.53. The molecule has 1 atom stereocenters. The smallest absolute Gasteiger partial charge is 0.328 e. The van der Waals surface area contributed by atoms with Crippen molar-refractivity contribution in [2.24, 2.45) is 0 Å². The zero-order valence-electron chi connectivity index (χ0n) is 12.3.